The van der Waals surface area contributed by atoms with Crippen LogP contribution in [0.25, 0.3) is 0 Å². The summed E-state index contributed by atoms with van der Waals surface area (Å²) in [6.45, 7) is 3.34. The van der Waals surface area contributed by atoms with Gasteiger partial charge in [-0.2, -0.15) is 0 Å². The zero-order chi connectivity index (χ0) is 18.8. The van der Waals surface area contributed by atoms with Crippen molar-refractivity contribution in [2.75, 3.05) is 13.1 Å². The number of benzene rings is 1. The topological polar surface area (TPSA) is 75.3 Å². The van der Waals surface area contributed by atoms with Crippen LogP contribution >= 0.6 is 11.6 Å². The highest BCUT2D eigenvalue weighted by Gasteiger charge is 2.52. The number of hydrogen-bond acceptors (Lipinski definition) is 4. The second-order valence-corrected chi connectivity index (χ2v) is 10.1. The van der Waals surface area contributed by atoms with Crippen LogP contribution in [-0.2, 0) is 14.6 Å². The third-order valence-electron chi connectivity index (χ3n) is 5.73. The number of hydrogen-bond donors (Lipinski definition) is 2. The number of carbonyl (C=O) groups excluding carboxylic acids is 1. The van der Waals surface area contributed by atoms with Gasteiger partial charge in [0.2, 0.25) is 5.91 Å². The minimum atomic E-state index is -3.84. The van der Waals surface area contributed by atoms with E-state index in [1.54, 1.807) is 25.1 Å². The molecule has 0 unspecified atom stereocenters. The first kappa shape index (κ1) is 19.6. The predicted octanol–water partition coefficient (Wildman–Crippen LogP) is 2.99. The third kappa shape index (κ3) is 3.51. The summed E-state index contributed by atoms with van der Waals surface area (Å²) in [5.41, 5.74) is 0.520. The molecule has 0 aromatic heterocycles. The lowest BCUT2D eigenvalue weighted by atomic mass is 9.87. The first-order valence-electron chi connectivity index (χ1n) is 9.40. The molecule has 0 bridgehead atoms. The van der Waals surface area contributed by atoms with Gasteiger partial charge in [0, 0.05) is 17.6 Å². The quantitative estimate of drug-likeness (QED) is 0.817. The van der Waals surface area contributed by atoms with E-state index in [0.29, 0.717) is 30.0 Å². The number of halogens is 1. The molecule has 1 aliphatic carbocycles. The average Bonchev–Trinajstić information content (AvgIpc) is 2.65. The van der Waals surface area contributed by atoms with E-state index in [2.05, 4.69) is 10.6 Å². The fourth-order valence-electron chi connectivity index (χ4n) is 4.12. The van der Waals surface area contributed by atoms with E-state index < -0.39 is 14.6 Å². The second kappa shape index (κ2) is 7.87. The fourth-order valence-corrected chi connectivity index (χ4v) is 6.67. The van der Waals surface area contributed by atoms with Crippen molar-refractivity contribution in [2.45, 2.75) is 67.6 Å². The van der Waals surface area contributed by atoms with Gasteiger partial charge in [0.15, 0.2) is 14.6 Å². The highest BCUT2D eigenvalue weighted by atomic mass is 35.5. The van der Waals surface area contributed by atoms with Gasteiger partial charge in [0.05, 0.1) is 4.90 Å². The van der Waals surface area contributed by atoms with Crippen LogP contribution < -0.4 is 10.6 Å². The zero-order valence-electron chi connectivity index (χ0n) is 15.2. The van der Waals surface area contributed by atoms with Crippen molar-refractivity contribution >= 4 is 27.3 Å². The van der Waals surface area contributed by atoms with E-state index in [0.717, 1.165) is 38.6 Å². The van der Waals surface area contributed by atoms with Crippen LogP contribution in [0.15, 0.2) is 23.1 Å². The number of sulfone groups is 1. The van der Waals surface area contributed by atoms with Crippen molar-refractivity contribution in [1.82, 2.24) is 10.6 Å². The van der Waals surface area contributed by atoms with Crippen LogP contribution in [0.2, 0.25) is 5.02 Å². The van der Waals surface area contributed by atoms with E-state index in [-0.39, 0.29) is 16.8 Å². The largest absolute Gasteiger partial charge is 0.351 e. The molecule has 144 valence electrons. The normalized spacial score (nSPS) is 23.4. The molecule has 1 heterocycles. The molecule has 1 saturated heterocycles. The Bertz CT molecular complexity index is 767. The monoisotopic (exact) mass is 398 g/mol. The molecule has 0 spiro atoms. The van der Waals surface area contributed by atoms with Gasteiger partial charge >= 0.3 is 0 Å². The minimum Gasteiger partial charge on any atom is -0.351 e. The van der Waals surface area contributed by atoms with Crippen LogP contribution in [0, 0.1) is 6.92 Å². The van der Waals surface area contributed by atoms with Gasteiger partial charge in [-0.15, -0.1) is 0 Å². The van der Waals surface area contributed by atoms with Crippen LogP contribution in [0.5, 0.6) is 0 Å². The van der Waals surface area contributed by atoms with Crippen molar-refractivity contribution in [3.8, 4) is 0 Å². The van der Waals surface area contributed by atoms with E-state index in [1.807, 2.05) is 0 Å². The molecule has 0 radical (unpaired) electrons. The predicted molar refractivity (Wildman–Crippen MR) is 103 cm³/mol. The molecule has 2 aliphatic rings. The highest BCUT2D eigenvalue weighted by molar-refractivity contribution is 7.93. The number of rotatable bonds is 4. The molecule has 1 amide bonds. The van der Waals surface area contributed by atoms with E-state index in [4.69, 9.17) is 11.6 Å². The summed E-state index contributed by atoms with van der Waals surface area (Å²) in [5, 5.41) is 6.70. The van der Waals surface area contributed by atoms with Gasteiger partial charge < -0.3 is 10.6 Å². The Morgan fingerprint density at radius 1 is 1.23 bits per heavy atom. The number of piperidine rings is 1. The smallest absolute Gasteiger partial charge is 0.242 e. The van der Waals surface area contributed by atoms with Gasteiger partial charge in [-0.1, -0.05) is 36.9 Å². The molecule has 26 heavy (non-hydrogen) atoms. The summed E-state index contributed by atoms with van der Waals surface area (Å²) < 4.78 is 25.9. The second-order valence-electron chi connectivity index (χ2n) is 7.44. The molecule has 1 aliphatic heterocycles. The van der Waals surface area contributed by atoms with Gasteiger partial charge in [-0.05, 0) is 56.8 Å². The lowest BCUT2D eigenvalue weighted by Crippen LogP contribution is -2.58. The molecule has 1 aromatic rings. The fraction of sp³-hybridized carbons (Fsp3) is 0.632. The van der Waals surface area contributed by atoms with E-state index >= 15 is 0 Å². The molecule has 2 N–H and O–H groups in total. The van der Waals surface area contributed by atoms with E-state index in [1.165, 1.54) is 0 Å². The molecule has 1 aromatic carbocycles. The Kier molecular flexibility index (Phi) is 5.94. The van der Waals surface area contributed by atoms with Gasteiger partial charge in [-0.3, -0.25) is 4.79 Å². The maximum Gasteiger partial charge on any atom is 0.242 e. The zero-order valence-corrected chi connectivity index (χ0v) is 16.8. The Labute approximate surface area is 160 Å². The summed E-state index contributed by atoms with van der Waals surface area (Å²) in [6.07, 6.45) is 5.05. The van der Waals surface area contributed by atoms with Crippen molar-refractivity contribution in [1.29, 1.82) is 0 Å². The molecule has 1 saturated carbocycles. The molecule has 1 atom stereocenters. The molecule has 7 heteroatoms. The minimum absolute atomic E-state index is 0.00860. The highest BCUT2D eigenvalue weighted by Crippen LogP contribution is 2.41. The Hall–Kier alpha value is -1.11. The average molecular weight is 399 g/mol. The summed E-state index contributed by atoms with van der Waals surface area (Å²) in [5.74, 6) is -0.342. The molecule has 2 fully saturated rings. The summed E-state index contributed by atoms with van der Waals surface area (Å²) in [6, 6.07) is 4.88. The van der Waals surface area contributed by atoms with Crippen molar-refractivity contribution in [3.63, 3.8) is 0 Å². The number of amides is 1. The standard InChI is InChI=1S/C19H27ClN2O3S/c1-14-16(20)8-5-9-17(14)26(24,25)19(10-3-2-4-11-19)18(23)22-15-7-6-12-21-13-15/h5,8-9,15,21H,2-4,6-7,10-13H2,1H3,(H,22,23)/t15-/m1/s1. The van der Waals surface area contributed by atoms with Crippen LogP contribution in [-0.4, -0.2) is 38.2 Å². The van der Waals surface area contributed by atoms with Crippen molar-refractivity contribution in [2.24, 2.45) is 0 Å². The Morgan fingerprint density at radius 3 is 2.62 bits per heavy atom. The van der Waals surface area contributed by atoms with Gasteiger partial charge in [0.1, 0.15) is 0 Å². The summed E-state index contributed by atoms with van der Waals surface area (Å²) in [7, 11) is -3.84. The maximum atomic E-state index is 13.6. The first-order chi connectivity index (χ1) is 12.4. The molecule has 5 nitrogen and oxygen atoms in total. The number of carbonyl (C=O) groups is 1. The summed E-state index contributed by atoms with van der Waals surface area (Å²) >= 11 is 6.17. The van der Waals surface area contributed by atoms with Gasteiger partial charge in [-0.25, -0.2) is 8.42 Å². The third-order valence-corrected chi connectivity index (χ3v) is 8.78. The Morgan fingerprint density at radius 2 is 1.96 bits per heavy atom. The lowest BCUT2D eigenvalue weighted by molar-refractivity contribution is -0.125. The van der Waals surface area contributed by atoms with Crippen LogP contribution in [0.4, 0.5) is 0 Å². The lowest BCUT2D eigenvalue weighted by Gasteiger charge is -2.37. The SMILES string of the molecule is Cc1c(Cl)cccc1S(=O)(=O)C1(C(=O)N[C@@H]2CCCNC2)CCCCC1. The first-order valence-corrected chi connectivity index (χ1v) is 11.3. The van der Waals surface area contributed by atoms with Crippen LogP contribution in [0.1, 0.15) is 50.5 Å². The van der Waals surface area contributed by atoms with Crippen LogP contribution in [0.3, 0.4) is 0 Å². The molecule has 3 rings (SSSR count). The summed E-state index contributed by atoms with van der Waals surface area (Å²) in [4.78, 5) is 13.4. The maximum absolute atomic E-state index is 13.6. The van der Waals surface area contributed by atoms with Gasteiger partial charge in [0.25, 0.3) is 0 Å². The van der Waals surface area contributed by atoms with Crippen molar-refractivity contribution in [3.05, 3.63) is 28.8 Å². The van der Waals surface area contributed by atoms with Crippen molar-refractivity contribution < 1.29 is 13.2 Å². The molecular weight excluding hydrogens is 372 g/mol. The van der Waals surface area contributed by atoms with E-state index in [9.17, 15) is 13.2 Å². The number of nitrogens with one attached hydrogen (secondary N) is 2. The Balaban J connectivity index is 1.98. The molecular formula is C19H27ClN2O3S.